The first-order valence-electron chi connectivity index (χ1n) is 4.74. The van der Waals surface area contributed by atoms with Crippen molar-refractivity contribution >= 4 is 17.4 Å². The van der Waals surface area contributed by atoms with Crippen molar-refractivity contribution in [1.29, 1.82) is 0 Å². The number of anilines is 2. The Morgan fingerprint density at radius 1 is 1.79 bits per heavy atom. The van der Waals surface area contributed by atoms with Crippen molar-refractivity contribution in [1.82, 2.24) is 10.2 Å². The summed E-state index contributed by atoms with van der Waals surface area (Å²) >= 11 is 0. The predicted octanol–water partition coefficient (Wildman–Crippen LogP) is 1.37. The maximum atomic E-state index is 11.5. The Balaban J connectivity index is 2.53. The minimum atomic E-state index is -0.0252. The Hall–Kier alpha value is -1.52. The Morgan fingerprint density at radius 3 is 3.00 bits per heavy atom. The van der Waals surface area contributed by atoms with Gasteiger partial charge in [-0.25, -0.2) is 0 Å². The SMILES string of the molecule is CCCC(C)C(=O)Nc1[nH]ncc1N. The van der Waals surface area contributed by atoms with E-state index in [2.05, 4.69) is 15.5 Å². The molecule has 0 bridgehead atoms. The molecule has 1 aromatic rings. The third kappa shape index (κ3) is 2.48. The average molecular weight is 196 g/mol. The molecule has 0 aliphatic rings. The van der Waals surface area contributed by atoms with Crippen LogP contribution in [0.3, 0.4) is 0 Å². The standard InChI is InChI=1S/C9H16N4O/c1-3-4-6(2)9(14)12-8-7(10)5-11-13-8/h5-6H,3-4,10H2,1-2H3,(H2,11,12,13,14). The molecule has 0 saturated carbocycles. The Morgan fingerprint density at radius 2 is 2.50 bits per heavy atom. The number of nitrogens with one attached hydrogen (secondary N) is 2. The first-order chi connectivity index (χ1) is 6.65. The molecule has 5 nitrogen and oxygen atoms in total. The van der Waals surface area contributed by atoms with E-state index in [9.17, 15) is 4.79 Å². The topological polar surface area (TPSA) is 83.8 Å². The van der Waals surface area contributed by atoms with Gasteiger partial charge in [0.25, 0.3) is 0 Å². The van der Waals surface area contributed by atoms with Gasteiger partial charge in [-0.2, -0.15) is 5.10 Å². The first-order valence-corrected chi connectivity index (χ1v) is 4.74. The molecular formula is C9H16N4O. The van der Waals surface area contributed by atoms with Crippen LogP contribution >= 0.6 is 0 Å². The molecule has 0 aliphatic heterocycles. The summed E-state index contributed by atoms with van der Waals surface area (Å²) in [4.78, 5) is 11.5. The van der Waals surface area contributed by atoms with Crippen molar-refractivity contribution in [2.24, 2.45) is 5.92 Å². The number of aromatic amines is 1. The number of carbonyl (C=O) groups is 1. The highest BCUT2D eigenvalue weighted by Gasteiger charge is 2.13. The summed E-state index contributed by atoms with van der Waals surface area (Å²) in [5.74, 6) is 0.462. The molecule has 0 saturated heterocycles. The van der Waals surface area contributed by atoms with Crippen molar-refractivity contribution in [3.8, 4) is 0 Å². The van der Waals surface area contributed by atoms with Gasteiger partial charge < -0.3 is 11.1 Å². The van der Waals surface area contributed by atoms with Gasteiger partial charge in [0.05, 0.1) is 11.9 Å². The smallest absolute Gasteiger partial charge is 0.228 e. The molecule has 0 spiro atoms. The highest BCUT2D eigenvalue weighted by Crippen LogP contribution is 2.14. The number of H-pyrrole nitrogens is 1. The van der Waals surface area contributed by atoms with E-state index in [1.165, 1.54) is 6.20 Å². The number of aromatic nitrogens is 2. The van der Waals surface area contributed by atoms with Gasteiger partial charge in [0.2, 0.25) is 5.91 Å². The molecule has 1 unspecified atom stereocenters. The second-order valence-electron chi connectivity index (χ2n) is 3.38. The molecule has 1 heterocycles. The summed E-state index contributed by atoms with van der Waals surface area (Å²) in [5.41, 5.74) is 6.01. The maximum absolute atomic E-state index is 11.5. The molecule has 1 rings (SSSR count). The van der Waals surface area contributed by atoms with Crippen molar-refractivity contribution in [2.45, 2.75) is 26.7 Å². The maximum Gasteiger partial charge on any atom is 0.228 e. The zero-order chi connectivity index (χ0) is 10.6. The number of hydrogen-bond acceptors (Lipinski definition) is 3. The lowest BCUT2D eigenvalue weighted by Gasteiger charge is -2.09. The normalized spacial score (nSPS) is 12.4. The van der Waals surface area contributed by atoms with Crippen molar-refractivity contribution in [2.75, 3.05) is 11.1 Å². The molecule has 5 heteroatoms. The summed E-state index contributed by atoms with van der Waals surface area (Å²) in [6.45, 7) is 3.94. The van der Waals surface area contributed by atoms with Crippen molar-refractivity contribution < 1.29 is 4.79 Å². The van der Waals surface area contributed by atoms with Crippen LogP contribution in [0.2, 0.25) is 0 Å². The van der Waals surface area contributed by atoms with Crippen LogP contribution in [-0.2, 0) is 4.79 Å². The summed E-state index contributed by atoms with van der Waals surface area (Å²) in [7, 11) is 0. The Labute approximate surface area is 83.1 Å². The Kier molecular flexibility index (Phi) is 3.50. The first kappa shape index (κ1) is 10.6. The van der Waals surface area contributed by atoms with Gasteiger partial charge in [-0.15, -0.1) is 0 Å². The predicted molar refractivity (Wildman–Crippen MR) is 55.7 cm³/mol. The number of carbonyl (C=O) groups excluding carboxylic acids is 1. The molecule has 0 aromatic carbocycles. The van der Waals surface area contributed by atoms with Crippen LogP contribution in [0.15, 0.2) is 6.20 Å². The second-order valence-corrected chi connectivity index (χ2v) is 3.38. The van der Waals surface area contributed by atoms with Crippen LogP contribution in [0.4, 0.5) is 11.5 Å². The molecule has 1 atom stereocenters. The number of rotatable bonds is 4. The van der Waals surface area contributed by atoms with E-state index in [0.29, 0.717) is 11.5 Å². The van der Waals surface area contributed by atoms with E-state index in [1.54, 1.807) is 0 Å². The monoisotopic (exact) mass is 196 g/mol. The largest absolute Gasteiger partial charge is 0.394 e. The van der Waals surface area contributed by atoms with Gasteiger partial charge in [0, 0.05) is 5.92 Å². The molecule has 0 fully saturated rings. The zero-order valence-corrected chi connectivity index (χ0v) is 8.50. The van der Waals surface area contributed by atoms with Crippen LogP contribution in [0, 0.1) is 5.92 Å². The van der Waals surface area contributed by atoms with E-state index >= 15 is 0 Å². The highest BCUT2D eigenvalue weighted by molar-refractivity contribution is 5.93. The lowest BCUT2D eigenvalue weighted by molar-refractivity contribution is -0.119. The number of nitrogen functional groups attached to an aromatic ring is 1. The Bertz CT molecular complexity index is 308. The van der Waals surface area contributed by atoms with Crippen LogP contribution in [0.25, 0.3) is 0 Å². The number of hydrogen-bond donors (Lipinski definition) is 3. The fourth-order valence-corrected chi connectivity index (χ4v) is 1.21. The average Bonchev–Trinajstić information content (AvgIpc) is 2.52. The molecular weight excluding hydrogens is 180 g/mol. The van der Waals surface area contributed by atoms with Gasteiger partial charge in [-0.3, -0.25) is 9.89 Å². The van der Waals surface area contributed by atoms with Crippen molar-refractivity contribution in [3.05, 3.63) is 6.20 Å². The minimum Gasteiger partial charge on any atom is -0.394 e. The van der Waals surface area contributed by atoms with Crippen molar-refractivity contribution in [3.63, 3.8) is 0 Å². The summed E-state index contributed by atoms with van der Waals surface area (Å²) in [6, 6.07) is 0. The summed E-state index contributed by atoms with van der Waals surface area (Å²) < 4.78 is 0. The van der Waals surface area contributed by atoms with Crippen LogP contribution in [-0.4, -0.2) is 16.1 Å². The molecule has 4 N–H and O–H groups in total. The van der Waals surface area contributed by atoms with E-state index in [-0.39, 0.29) is 11.8 Å². The van der Waals surface area contributed by atoms with Gasteiger partial charge in [-0.05, 0) is 6.42 Å². The third-order valence-electron chi connectivity index (χ3n) is 2.09. The van der Waals surface area contributed by atoms with E-state index in [4.69, 9.17) is 5.73 Å². The fourth-order valence-electron chi connectivity index (χ4n) is 1.21. The van der Waals surface area contributed by atoms with Crippen LogP contribution in [0.5, 0.6) is 0 Å². The van der Waals surface area contributed by atoms with Crippen LogP contribution < -0.4 is 11.1 Å². The second kappa shape index (κ2) is 4.64. The quantitative estimate of drug-likeness (QED) is 0.680. The molecule has 0 radical (unpaired) electrons. The van der Waals surface area contributed by atoms with Gasteiger partial charge in [-0.1, -0.05) is 20.3 Å². The van der Waals surface area contributed by atoms with Gasteiger partial charge >= 0.3 is 0 Å². The molecule has 1 aromatic heterocycles. The lowest BCUT2D eigenvalue weighted by Crippen LogP contribution is -2.20. The summed E-state index contributed by atoms with van der Waals surface area (Å²) in [6.07, 6.45) is 3.34. The molecule has 78 valence electrons. The van der Waals surface area contributed by atoms with E-state index in [1.807, 2.05) is 13.8 Å². The molecule has 1 amide bonds. The third-order valence-corrected chi connectivity index (χ3v) is 2.09. The lowest BCUT2D eigenvalue weighted by atomic mass is 10.1. The zero-order valence-electron chi connectivity index (χ0n) is 8.50. The fraction of sp³-hybridized carbons (Fsp3) is 0.556. The van der Waals surface area contributed by atoms with Gasteiger partial charge in [0.1, 0.15) is 0 Å². The molecule has 14 heavy (non-hydrogen) atoms. The van der Waals surface area contributed by atoms with E-state index in [0.717, 1.165) is 12.8 Å². The van der Waals surface area contributed by atoms with Gasteiger partial charge in [0.15, 0.2) is 5.82 Å². The minimum absolute atomic E-state index is 0.00250. The number of amides is 1. The van der Waals surface area contributed by atoms with Crippen LogP contribution in [0.1, 0.15) is 26.7 Å². The summed E-state index contributed by atoms with van der Waals surface area (Å²) in [5, 5.41) is 9.03. The number of nitrogens with zero attached hydrogens (tertiary/aromatic N) is 1. The van der Waals surface area contributed by atoms with E-state index < -0.39 is 0 Å². The molecule has 0 aliphatic carbocycles. The highest BCUT2D eigenvalue weighted by atomic mass is 16.1. The number of nitrogens with two attached hydrogens (primary N) is 1.